The molecule has 20 heavy (non-hydrogen) atoms. The van der Waals surface area contributed by atoms with E-state index in [1.165, 1.54) is 21.9 Å². The molecule has 0 atom stereocenters. The van der Waals surface area contributed by atoms with Crippen LogP contribution < -0.4 is 0 Å². The van der Waals surface area contributed by atoms with Gasteiger partial charge in [0.25, 0.3) is 0 Å². The highest BCUT2D eigenvalue weighted by atomic mass is 16.3. The third kappa shape index (κ3) is 1.90. The van der Waals surface area contributed by atoms with Crippen LogP contribution in [-0.2, 0) is 12.8 Å². The summed E-state index contributed by atoms with van der Waals surface area (Å²) in [5.74, 6) is 1.05. The summed E-state index contributed by atoms with van der Waals surface area (Å²) in [6.45, 7) is 0. The summed E-state index contributed by atoms with van der Waals surface area (Å²) in [4.78, 5) is 3.32. The van der Waals surface area contributed by atoms with Crippen LogP contribution in [0.1, 0.15) is 11.3 Å². The Hall–Kier alpha value is -2.48. The van der Waals surface area contributed by atoms with Crippen LogP contribution in [0.3, 0.4) is 0 Å². The van der Waals surface area contributed by atoms with Gasteiger partial charge >= 0.3 is 0 Å². The van der Waals surface area contributed by atoms with Gasteiger partial charge in [0.05, 0.1) is 0 Å². The summed E-state index contributed by atoms with van der Waals surface area (Å²) in [5.41, 5.74) is 3.52. The minimum Gasteiger partial charge on any atom is -0.461 e. The van der Waals surface area contributed by atoms with Crippen LogP contribution in [0.25, 0.3) is 21.9 Å². The summed E-state index contributed by atoms with van der Waals surface area (Å²) in [5, 5.41) is 2.49. The maximum atomic E-state index is 5.87. The van der Waals surface area contributed by atoms with E-state index in [1.807, 2.05) is 18.2 Å². The van der Waals surface area contributed by atoms with Gasteiger partial charge in [-0.2, -0.15) is 0 Å². The smallest absolute Gasteiger partial charge is 0.134 e. The van der Waals surface area contributed by atoms with Gasteiger partial charge in [-0.15, -0.1) is 0 Å². The second-order valence-corrected chi connectivity index (χ2v) is 5.11. The van der Waals surface area contributed by atoms with E-state index < -0.39 is 0 Å². The molecule has 2 aromatic carbocycles. The van der Waals surface area contributed by atoms with Crippen molar-refractivity contribution < 1.29 is 4.42 Å². The van der Waals surface area contributed by atoms with Crippen molar-refractivity contribution in [1.82, 2.24) is 4.98 Å². The molecular weight excluding hydrogens is 246 g/mol. The Labute approximate surface area is 117 Å². The number of rotatable bonds is 3. The lowest BCUT2D eigenvalue weighted by Crippen LogP contribution is -1.87. The van der Waals surface area contributed by atoms with Crippen LogP contribution in [0.4, 0.5) is 0 Å². The van der Waals surface area contributed by atoms with Gasteiger partial charge in [-0.1, -0.05) is 36.4 Å². The number of fused-ring (bicyclic) bond motifs is 2. The fourth-order valence-electron chi connectivity index (χ4n) is 2.76. The van der Waals surface area contributed by atoms with Crippen LogP contribution in [0, 0.1) is 0 Å². The molecule has 0 aliphatic rings. The number of H-pyrrole nitrogens is 1. The number of furan rings is 1. The molecule has 98 valence electrons. The number of aromatic nitrogens is 1. The first-order valence-electron chi connectivity index (χ1n) is 6.92. The molecule has 0 amide bonds. The molecule has 0 aliphatic carbocycles. The largest absolute Gasteiger partial charge is 0.461 e. The Kier molecular flexibility index (Phi) is 2.59. The lowest BCUT2D eigenvalue weighted by Gasteiger charge is -1.97. The van der Waals surface area contributed by atoms with Gasteiger partial charge in [0.15, 0.2) is 0 Å². The first-order chi connectivity index (χ1) is 9.90. The van der Waals surface area contributed by atoms with Crippen molar-refractivity contribution in [1.29, 1.82) is 0 Å². The van der Waals surface area contributed by atoms with E-state index in [2.05, 4.69) is 47.6 Å². The average molecular weight is 261 g/mol. The molecule has 0 radical (unpaired) electrons. The minimum atomic E-state index is 0.927. The zero-order chi connectivity index (χ0) is 13.4. The SMILES string of the molecule is c1ccc2oc(CCc3c[nH]c4ccccc34)cc2c1. The highest BCUT2D eigenvalue weighted by Crippen LogP contribution is 2.22. The van der Waals surface area contributed by atoms with Crippen LogP contribution >= 0.6 is 0 Å². The van der Waals surface area contributed by atoms with E-state index in [9.17, 15) is 0 Å². The Morgan fingerprint density at radius 1 is 0.900 bits per heavy atom. The van der Waals surface area contributed by atoms with Crippen LogP contribution in [-0.4, -0.2) is 4.98 Å². The van der Waals surface area contributed by atoms with Crippen molar-refractivity contribution in [2.75, 3.05) is 0 Å². The number of benzene rings is 2. The molecule has 4 aromatic rings. The Morgan fingerprint density at radius 3 is 2.70 bits per heavy atom. The maximum absolute atomic E-state index is 5.87. The Bertz CT molecular complexity index is 836. The molecule has 0 aliphatic heterocycles. The topological polar surface area (TPSA) is 28.9 Å². The number of hydrogen-bond acceptors (Lipinski definition) is 1. The summed E-state index contributed by atoms with van der Waals surface area (Å²) in [6.07, 6.45) is 4.02. The summed E-state index contributed by atoms with van der Waals surface area (Å²) in [6, 6.07) is 18.7. The third-order valence-electron chi connectivity index (χ3n) is 3.79. The Balaban J connectivity index is 1.60. The first-order valence-corrected chi connectivity index (χ1v) is 6.92. The molecule has 4 rings (SSSR count). The molecule has 0 unspecified atom stereocenters. The highest BCUT2D eigenvalue weighted by Gasteiger charge is 2.06. The standard InChI is InChI=1S/C18H15NO/c1-4-8-18-13(5-1)11-15(20-18)10-9-14-12-19-17-7-3-2-6-16(14)17/h1-8,11-12,19H,9-10H2. The minimum absolute atomic E-state index is 0.927. The van der Waals surface area contributed by atoms with Crippen LogP contribution in [0.15, 0.2) is 65.2 Å². The van der Waals surface area contributed by atoms with Crippen molar-refractivity contribution in [3.63, 3.8) is 0 Å². The van der Waals surface area contributed by atoms with E-state index in [4.69, 9.17) is 4.42 Å². The second-order valence-electron chi connectivity index (χ2n) is 5.11. The molecule has 0 spiro atoms. The van der Waals surface area contributed by atoms with Gasteiger partial charge in [-0.3, -0.25) is 0 Å². The van der Waals surface area contributed by atoms with E-state index in [1.54, 1.807) is 0 Å². The zero-order valence-corrected chi connectivity index (χ0v) is 11.1. The number of aryl methyl sites for hydroxylation is 2. The van der Waals surface area contributed by atoms with Crippen molar-refractivity contribution in [2.45, 2.75) is 12.8 Å². The average Bonchev–Trinajstić information content (AvgIpc) is 3.08. The van der Waals surface area contributed by atoms with E-state index in [0.29, 0.717) is 0 Å². The highest BCUT2D eigenvalue weighted by molar-refractivity contribution is 5.83. The van der Waals surface area contributed by atoms with Gasteiger partial charge < -0.3 is 9.40 Å². The molecule has 1 N–H and O–H groups in total. The summed E-state index contributed by atoms with van der Waals surface area (Å²) in [7, 11) is 0. The number of nitrogens with one attached hydrogen (secondary N) is 1. The monoisotopic (exact) mass is 261 g/mol. The molecule has 2 heteroatoms. The zero-order valence-electron chi connectivity index (χ0n) is 11.1. The fraction of sp³-hybridized carbons (Fsp3) is 0.111. The van der Waals surface area contributed by atoms with Gasteiger partial charge in [0.2, 0.25) is 0 Å². The summed E-state index contributed by atoms with van der Waals surface area (Å²) >= 11 is 0. The van der Waals surface area contributed by atoms with Gasteiger partial charge in [-0.05, 0) is 30.2 Å². The van der Waals surface area contributed by atoms with Gasteiger partial charge in [0.1, 0.15) is 11.3 Å². The predicted octanol–water partition coefficient (Wildman–Crippen LogP) is 4.70. The second kappa shape index (κ2) is 4.57. The molecule has 0 fully saturated rings. The normalized spacial score (nSPS) is 11.4. The van der Waals surface area contributed by atoms with E-state index in [-0.39, 0.29) is 0 Å². The molecule has 0 bridgehead atoms. The fourth-order valence-corrected chi connectivity index (χ4v) is 2.76. The molecule has 2 aromatic heterocycles. The maximum Gasteiger partial charge on any atom is 0.134 e. The molecule has 0 saturated heterocycles. The van der Waals surface area contributed by atoms with Crippen molar-refractivity contribution in [2.24, 2.45) is 0 Å². The van der Waals surface area contributed by atoms with Crippen molar-refractivity contribution >= 4 is 21.9 Å². The number of para-hydroxylation sites is 2. The van der Waals surface area contributed by atoms with Crippen LogP contribution in [0.5, 0.6) is 0 Å². The van der Waals surface area contributed by atoms with Crippen LogP contribution in [0.2, 0.25) is 0 Å². The molecular formula is C18H15NO. The first kappa shape index (κ1) is 11.4. The van der Waals surface area contributed by atoms with E-state index >= 15 is 0 Å². The quantitative estimate of drug-likeness (QED) is 0.569. The third-order valence-corrected chi connectivity index (χ3v) is 3.79. The van der Waals surface area contributed by atoms with E-state index in [0.717, 1.165) is 24.2 Å². The lowest BCUT2D eigenvalue weighted by atomic mass is 10.1. The van der Waals surface area contributed by atoms with Crippen molar-refractivity contribution in [3.8, 4) is 0 Å². The number of aromatic amines is 1. The Morgan fingerprint density at radius 2 is 1.75 bits per heavy atom. The van der Waals surface area contributed by atoms with Crippen molar-refractivity contribution in [3.05, 3.63) is 72.1 Å². The van der Waals surface area contributed by atoms with Gasteiger partial charge in [-0.25, -0.2) is 0 Å². The lowest BCUT2D eigenvalue weighted by molar-refractivity contribution is 0.548. The number of hydrogen-bond donors (Lipinski definition) is 1. The molecule has 2 nitrogen and oxygen atoms in total. The summed E-state index contributed by atoms with van der Waals surface area (Å²) < 4.78 is 5.87. The predicted molar refractivity (Wildman–Crippen MR) is 81.9 cm³/mol. The molecule has 2 heterocycles. The van der Waals surface area contributed by atoms with Gasteiger partial charge in [0, 0.05) is 28.9 Å². The molecule has 0 saturated carbocycles.